The van der Waals surface area contributed by atoms with Gasteiger partial charge >= 0.3 is 0 Å². The van der Waals surface area contributed by atoms with Crippen LogP contribution >= 0.6 is 0 Å². The van der Waals surface area contributed by atoms with Crippen LogP contribution in [0.3, 0.4) is 0 Å². The summed E-state index contributed by atoms with van der Waals surface area (Å²) in [5.74, 6) is 0.303. The highest BCUT2D eigenvalue weighted by Crippen LogP contribution is 2.29. The van der Waals surface area contributed by atoms with Gasteiger partial charge in [0.15, 0.2) is 0 Å². The zero-order valence-corrected chi connectivity index (χ0v) is 18.2. The van der Waals surface area contributed by atoms with Crippen molar-refractivity contribution in [1.29, 1.82) is 0 Å². The monoisotopic (exact) mass is 434 g/mol. The number of carbonyl (C=O) groups excluding carboxylic acids is 2. The van der Waals surface area contributed by atoms with E-state index in [9.17, 15) is 14.0 Å². The van der Waals surface area contributed by atoms with E-state index in [1.165, 1.54) is 17.0 Å². The van der Waals surface area contributed by atoms with E-state index in [1.54, 1.807) is 17.0 Å². The molecule has 2 amide bonds. The first-order valence-electron chi connectivity index (χ1n) is 10.9. The second-order valence-electron chi connectivity index (χ2n) is 8.21. The lowest BCUT2D eigenvalue weighted by molar-refractivity contribution is -0.132. The molecule has 1 saturated carbocycles. The van der Waals surface area contributed by atoms with Crippen molar-refractivity contribution in [2.75, 3.05) is 13.1 Å². The Hall–Kier alpha value is -3.41. The zero-order chi connectivity index (χ0) is 22.5. The van der Waals surface area contributed by atoms with Crippen LogP contribution in [0.25, 0.3) is 0 Å². The topological polar surface area (TPSA) is 53.8 Å². The third kappa shape index (κ3) is 5.44. The number of benzene rings is 2. The smallest absolute Gasteiger partial charge is 0.257 e. The molecule has 0 unspecified atom stereocenters. The van der Waals surface area contributed by atoms with Gasteiger partial charge in [0.05, 0.1) is 12.1 Å². The third-order valence-electron chi connectivity index (χ3n) is 5.67. The predicted molar refractivity (Wildman–Crippen MR) is 119 cm³/mol. The van der Waals surface area contributed by atoms with E-state index >= 15 is 0 Å². The highest BCUT2D eigenvalue weighted by atomic mass is 19.1. The van der Waals surface area contributed by atoms with Gasteiger partial charge in [0.25, 0.3) is 5.91 Å². The zero-order valence-electron chi connectivity index (χ0n) is 18.2. The van der Waals surface area contributed by atoms with Gasteiger partial charge in [-0.2, -0.15) is 0 Å². The van der Waals surface area contributed by atoms with Crippen molar-refractivity contribution >= 4 is 11.8 Å². The van der Waals surface area contributed by atoms with Gasteiger partial charge in [-0.15, -0.1) is 0 Å². The number of halogens is 1. The molecule has 0 radical (unpaired) electrons. The van der Waals surface area contributed by atoms with E-state index in [-0.39, 0.29) is 24.1 Å². The normalized spacial score (nSPS) is 13.1. The molecule has 0 atom stereocenters. The lowest BCUT2D eigenvalue weighted by Gasteiger charge is -2.27. The number of aryl methyl sites for hydroxylation is 1. The Balaban J connectivity index is 1.50. The summed E-state index contributed by atoms with van der Waals surface area (Å²) in [4.78, 5) is 29.6. The maximum Gasteiger partial charge on any atom is 0.257 e. The molecule has 3 aromatic rings. The largest absolute Gasteiger partial charge is 0.464 e. The minimum absolute atomic E-state index is 0.00435. The molecule has 2 aromatic carbocycles. The van der Waals surface area contributed by atoms with Crippen LogP contribution in [0, 0.1) is 12.7 Å². The van der Waals surface area contributed by atoms with Crippen molar-refractivity contribution in [2.24, 2.45) is 0 Å². The second-order valence-corrected chi connectivity index (χ2v) is 8.21. The minimum atomic E-state index is -0.567. The van der Waals surface area contributed by atoms with E-state index in [4.69, 9.17) is 4.42 Å². The lowest BCUT2D eigenvalue weighted by atomic mass is 10.1. The molecule has 32 heavy (non-hydrogen) atoms. The van der Waals surface area contributed by atoms with Crippen LogP contribution in [0.5, 0.6) is 0 Å². The summed E-state index contributed by atoms with van der Waals surface area (Å²) in [7, 11) is 0. The number of furan rings is 1. The molecule has 0 N–H and O–H groups in total. The summed E-state index contributed by atoms with van der Waals surface area (Å²) in [6.07, 6.45) is 2.35. The first kappa shape index (κ1) is 21.8. The Morgan fingerprint density at radius 1 is 1.00 bits per heavy atom. The number of nitrogens with zero attached hydrogens (tertiary/aromatic N) is 2. The molecule has 0 aliphatic heterocycles. The lowest BCUT2D eigenvalue weighted by Crippen LogP contribution is -2.44. The van der Waals surface area contributed by atoms with Crippen LogP contribution in [-0.2, 0) is 17.8 Å². The highest BCUT2D eigenvalue weighted by molar-refractivity contribution is 5.97. The fraction of sp³-hybridized carbons (Fsp3) is 0.308. The summed E-state index contributed by atoms with van der Waals surface area (Å²) in [6, 6.07) is 19.6. The summed E-state index contributed by atoms with van der Waals surface area (Å²) >= 11 is 0. The van der Waals surface area contributed by atoms with Crippen LogP contribution in [0.2, 0.25) is 0 Å². The van der Waals surface area contributed by atoms with Crippen LogP contribution in [0.4, 0.5) is 4.39 Å². The fourth-order valence-corrected chi connectivity index (χ4v) is 3.75. The van der Waals surface area contributed by atoms with Crippen molar-refractivity contribution in [3.63, 3.8) is 0 Å². The van der Waals surface area contributed by atoms with E-state index < -0.39 is 11.7 Å². The first-order valence-corrected chi connectivity index (χ1v) is 10.9. The molecule has 0 saturated heterocycles. The Bertz CT molecular complexity index is 1080. The van der Waals surface area contributed by atoms with Crippen LogP contribution in [0.15, 0.2) is 71.1 Å². The Kier molecular flexibility index (Phi) is 6.69. The molecule has 1 aliphatic carbocycles. The maximum atomic E-state index is 14.2. The van der Waals surface area contributed by atoms with E-state index in [1.807, 2.05) is 49.4 Å². The number of hydrogen-bond donors (Lipinski definition) is 0. The summed E-state index contributed by atoms with van der Waals surface area (Å²) in [5.41, 5.74) is 1.13. The minimum Gasteiger partial charge on any atom is -0.464 e. The van der Waals surface area contributed by atoms with Crippen molar-refractivity contribution in [3.8, 4) is 0 Å². The molecule has 1 aromatic heterocycles. The Morgan fingerprint density at radius 3 is 2.38 bits per heavy atom. The molecule has 0 bridgehead atoms. The summed E-state index contributed by atoms with van der Waals surface area (Å²) < 4.78 is 19.9. The van der Waals surface area contributed by atoms with Gasteiger partial charge < -0.3 is 14.2 Å². The average molecular weight is 435 g/mol. The molecule has 1 aliphatic rings. The number of hydrogen-bond acceptors (Lipinski definition) is 3. The molecular formula is C26H27FN2O3. The number of rotatable bonds is 9. The number of carbonyl (C=O) groups is 2. The fourth-order valence-electron chi connectivity index (χ4n) is 3.75. The van der Waals surface area contributed by atoms with Crippen molar-refractivity contribution in [3.05, 3.63) is 95.2 Å². The van der Waals surface area contributed by atoms with Gasteiger partial charge in [0, 0.05) is 12.6 Å². The Morgan fingerprint density at radius 2 is 1.72 bits per heavy atom. The third-order valence-corrected chi connectivity index (χ3v) is 5.67. The first-order chi connectivity index (χ1) is 15.5. The van der Waals surface area contributed by atoms with Gasteiger partial charge in [0.1, 0.15) is 23.9 Å². The van der Waals surface area contributed by atoms with Gasteiger partial charge in [-0.1, -0.05) is 42.5 Å². The van der Waals surface area contributed by atoms with Crippen molar-refractivity contribution in [1.82, 2.24) is 9.80 Å². The van der Waals surface area contributed by atoms with Crippen LogP contribution < -0.4 is 0 Å². The summed E-state index contributed by atoms with van der Waals surface area (Å²) in [5, 5.41) is 0. The Labute approximate surface area is 187 Å². The van der Waals surface area contributed by atoms with Crippen molar-refractivity contribution < 1.29 is 18.4 Å². The summed E-state index contributed by atoms with van der Waals surface area (Å²) in [6.45, 7) is 2.61. The second kappa shape index (κ2) is 9.81. The quantitative estimate of drug-likeness (QED) is 0.495. The number of amides is 2. The van der Waals surface area contributed by atoms with Gasteiger partial charge in [0.2, 0.25) is 5.91 Å². The molecule has 4 rings (SSSR count). The molecular weight excluding hydrogens is 407 g/mol. The van der Waals surface area contributed by atoms with Crippen LogP contribution in [0.1, 0.15) is 40.3 Å². The molecule has 1 heterocycles. The molecule has 1 fully saturated rings. The van der Waals surface area contributed by atoms with Gasteiger partial charge in [-0.25, -0.2) is 4.39 Å². The maximum absolute atomic E-state index is 14.2. The molecule has 6 heteroatoms. The molecule has 166 valence electrons. The van der Waals surface area contributed by atoms with Gasteiger partial charge in [-0.3, -0.25) is 9.59 Å². The average Bonchev–Trinajstić information content (AvgIpc) is 3.56. The predicted octanol–water partition coefficient (Wildman–Crippen LogP) is 4.60. The van der Waals surface area contributed by atoms with E-state index in [0.29, 0.717) is 25.3 Å². The molecule has 0 spiro atoms. The van der Waals surface area contributed by atoms with E-state index in [0.717, 1.165) is 24.2 Å². The van der Waals surface area contributed by atoms with Crippen LogP contribution in [-0.4, -0.2) is 40.7 Å². The standard InChI is InChI=1S/C26H27FN2O3/c1-19-11-14-22(32-19)17-28(16-15-20-7-3-2-4-8-20)25(30)18-29(21-12-13-21)26(31)23-9-5-6-10-24(23)27/h2-11,14,21H,12-13,15-18H2,1H3. The SMILES string of the molecule is Cc1ccc(CN(CCc2ccccc2)C(=O)CN(C(=O)c2ccccc2F)C2CC2)o1. The van der Waals surface area contributed by atoms with E-state index in [2.05, 4.69) is 0 Å². The van der Waals surface area contributed by atoms with Gasteiger partial charge in [-0.05, 0) is 56.0 Å². The highest BCUT2D eigenvalue weighted by Gasteiger charge is 2.36. The van der Waals surface area contributed by atoms with Crippen molar-refractivity contribution in [2.45, 2.75) is 38.8 Å². The molecule has 5 nitrogen and oxygen atoms in total.